The Morgan fingerprint density at radius 2 is 1.63 bits per heavy atom. The molecule has 6 atom stereocenters. The zero-order valence-corrected chi connectivity index (χ0v) is 26.7. The van der Waals surface area contributed by atoms with E-state index in [-0.39, 0.29) is 57.2 Å². The summed E-state index contributed by atoms with van der Waals surface area (Å²) in [5.41, 5.74) is -4.84. The fourth-order valence-corrected chi connectivity index (χ4v) is 6.18. The highest BCUT2D eigenvalue weighted by Crippen LogP contribution is 2.52. The third-order valence-corrected chi connectivity index (χ3v) is 9.10. The largest absolute Gasteiger partial charge is 0.487 e. The Hall–Kier alpha value is -3.89. The van der Waals surface area contributed by atoms with Crippen LogP contribution in [-0.4, -0.2) is 99.2 Å². The number of nitrogens with zero attached hydrogens (tertiary/aromatic N) is 2. The molecule has 280 valence electrons. The summed E-state index contributed by atoms with van der Waals surface area (Å²) in [5.74, 6) is -2.97. The Morgan fingerprint density at radius 1 is 0.941 bits per heavy atom. The van der Waals surface area contributed by atoms with E-state index in [0.717, 1.165) is 19.4 Å². The molecule has 1 aromatic carbocycles. The lowest BCUT2D eigenvalue weighted by atomic mass is 9.91. The van der Waals surface area contributed by atoms with E-state index >= 15 is 0 Å². The molecule has 51 heavy (non-hydrogen) atoms. The highest BCUT2D eigenvalue weighted by atomic mass is 32.1. The van der Waals surface area contributed by atoms with Gasteiger partial charge in [0.05, 0.1) is 13.2 Å². The number of pyridine rings is 1. The van der Waals surface area contributed by atoms with Crippen LogP contribution < -0.4 is 14.2 Å². The molecular weight excluding hydrogens is 732 g/mol. The van der Waals surface area contributed by atoms with Crippen LogP contribution in [0.15, 0.2) is 42.7 Å². The molecule has 1 aliphatic carbocycles. The number of hydrogen-bond acceptors (Lipinski definition) is 13. The molecule has 5 rings (SSSR count). The van der Waals surface area contributed by atoms with Crippen LogP contribution in [0.4, 0.5) is 35.1 Å². The minimum Gasteiger partial charge on any atom is -0.487 e. The number of esters is 1. The minimum atomic E-state index is -6.20. The van der Waals surface area contributed by atoms with Gasteiger partial charge in [-0.05, 0) is 42.5 Å². The van der Waals surface area contributed by atoms with Crippen molar-refractivity contribution in [2.24, 2.45) is 0 Å². The van der Waals surface area contributed by atoms with Crippen LogP contribution in [0.2, 0.25) is 0 Å². The molecule has 12 nitrogen and oxygen atoms in total. The van der Waals surface area contributed by atoms with Gasteiger partial charge >= 0.3 is 30.5 Å². The van der Waals surface area contributed by atoms with Crippen LogP contribution in [0.1, 0.15) is 39.8 Å². The predicted molar refractivity (Wildman–Crippen MR) is 154 cm³/mol. The molecule has 0 radical (unpaired) electrons. The number of benzene rings is 1. The van der Waals surface area contributed by atoms with Gasteiger partial charge in [-0.25, -0.2) is 14.8 Å². The van der Waals surface area contributed by atoms with Crippen LogP contribution in [-0.2, 0) is 26.3 Å². The van der Waals surface area contributed by atoms with Gasteiger partial charge < -0.3 is 44.1 Å². The van der Waals surface area contributed by atoms with Gasteiger partial charge in [0, 0.05) is 29.3 Å². The summed E-state index contributed by atoms with van der Waals surface area (Å²) in [7, 11) is 0.992. The summed E-state index contributed by atoms with van der Waals surface area (Å²) >= 11 is -0.0704. The summed E-state index contributed by atoms with van der Waals surface area (Å²) in [5, 5.41) is 38.8. The lowest BCUT2D eigenvalue weighted by Gasteiger charge is -2.38. The summed E-state index contributed by atoms with van der Waals surface area (Å²) in [4.78, 5) is 19.1. The van der Waals surface area contributed by atoms with E-state index in [1.807, 2.05) is 0 Å². The fraction of sp³-hybridized carbons (Fsp3) is 0.500. The molecule has 1 saturated heterocycles. The molecule has 0 spiro atoms. The first kappa shape index (κ1) is 38.3. The van der Waals surface area contributed by atoms with E-state index in [4.69, 9.17) is 14.2 Å². The normalized spacial score (nSPS) is 23.5. The monoisotopic (exact) mass is 760 g/mol. The number of aliphatic hydroxyl groups excluding tert-OH is 3. The SMILES string of the molecule is COC(=O)[C@H]1O[C@@H](Oc2ccc(C[C@@H](c3ccc(OC(F)F)c(OC4CC4)c3)c3cnc(C(O)(C(F)(F)F)C(F)(F)F)s3)cn2)[C@H](O)[C@@H](O)[C@@H]1O. The van der Waals surface area contributed by atoms with Crippen LogP contribution in [0.5, 0.6) is 17.4 Å². The van der Waals surface area contributed by atoms with E-state index in [9.17, 15) is 60.3 Å². The van der Waals surface area contributed by atoms with Crippen LogP contribution in [0.3, 0.4) is 0 Å². The summed E-state index contributed by atoms with van der Waals surface area (Å²) < 4.78 is 134. The van der Waals surface area contributed by atoms with Crippen molar-refractivity contribution in [3.8, 4) is 17.4 Å². The van der Waals surface area contributed by atoms with Crippen molar-refractivity contribution >= 4 is 17.3 Å². The number of thiazole rings is 1. The number of aromatic nitrogens is 2. The number of aliphatic hydroxyl groups is 4. The Morgan fingerprint density at radius 3 is 2.20 bits per heavy atom. The smallest absolute Gasteiger partial charge is 0.433 e. The van der Waals surface area contributed by atoms with E-state index in [1.165, 1.54) is 30.5 Å². The zero-order valence-electron chi connectivity index (χ0n) is 25.8. The van der Waals surface area contributed by atoms with Gasteiger partial charge in [0.15, 0.2) is 17.6 Å². The van der Waals surface area contributed by atoms with Crippen molar-refractivity contribution in [3.05, 3.63) is 63.7 Å². The van der Waals surface area contributed by atoms with E-state index < -0.39 is 72.2 Å². The first-order valence-corrected chi connectivity index (χ1v) is 15.6. The van der Waals surface area contributed by atoms with Gasteiger partial charge in [-0.3, -0.25) is 0 Å². The molecule has 2 aromatic heterocycles. The highest BCUT2D eigenvalue weighted by molar-refractivity contribution is 7.11. The second-order valence-electron chi connectivity index (χ2n) is 11.5. The van der Waals surface area contributed by atoms with Gasteiger partial charge in [-0.15, -0.1) is 11.3 Å². The lowest BCUT2D eigenvalue weighted by Crippen LogP contribution is -2.61. The maximum Gasteiger partial charge on any atom is 0.433 e. The van der Waals surface area contributed by atoms with Gasteiger partial charge in [-0.2, -0.15) is 35.1 Å². The summed E-state index contributed by atoms with van der Waals surface area (Å²) in [6, 6.07) is 6.20. The first-order chi connectivity index (χ1) is 23.8. The van der Waals surface area contributed by atoms with Crippen molar-refractivity contribution in [2.45, 2.75) is 86.6 Å². The Kier molecular flexibility index (Phi) is 11.0. The van der Waals surface area contributed by atoms with Crippen LogP contribution in [0, 0.1) is 0 Å². The number of rotatable bonds is 12. The number of carbonyl (C=O) groups excluding carboxylic acids is 1. The van der Waals surface area contributed by atoms with Crippen molar-refractivity contribution < 1.29 is 84.0 Å². The van der Waals surface area contributed by atoms with E-state index in [2.05, 4.69) is 19.4 Å². The molecule has 0 unspecified atom stereocenters. The van der Waals surface area contributed by atoms with Crippen molar-refractivity contribution in [3.63, 3.8) is 0 Å². The zero-order chi connectivity index (χ0) is 37.5. The fourth-order valence-electron chi connectivity index (χ4n) is 5.01. The third kappa shape index (κ3) is 8.12. The Bertz CT molecular complexity index is 1660. The minimum absolute atomic E-state index is 0.0704. The van der Waals surface area contributed by atoms with E-state index in [0.29, 0.717) is 12.8 Å². The average molecular weight is 761 g/mol. The molecule has 0 bridgehead atoms. The molecule has 2 aliphatic rings. The molecule has 1 aliphatic heterocycles. The van der Waals surface area contributed by atoms with Crippen LogP contribution in [0.25, 0.3) is 0 Å². The number of ether oxygens (including phenoxy) is 5. The second-order valence-corrected chi connectivity index (χ2v) is 12.5. The number of carbonyl (C=O) groups is 1. The van der Waals surface area contributed by atoms with Crippen molar-refractivity contribution in [1.82, 2.24) is 9.97 Å². The maximum absolute atomic E-state index is 13.7. The summed E-state index contributed by atoms with van der Waals surface area (Å²) in [6.07, 6.45) is -18.9. The lowest BCUT2D eigenvalue weighted by molar-refractivity contribution is -0.376. The predicted octanol–water partition coefficient (Wildman–Crippen LogP) is 3.73. The van der Waals surface area contributed by atoms with Crippen molar-refractivity contribution in [1.29, 1.82) is 0 Å². The Balaban J connectivity index is 1.47. The van der Waals surface area contributed by atoms with Gasteiger partial charge in [-0.1, -0.05) is 12.1 Å². The molecule has 0 amide bonds. The molecular formula is C30H28F8N2O10S. The van der Waals surface area contributed by atoms with Gasteiger partial charge in [0.25, 0.3) is 0 Å². The standard InChI is InChI=1S/C30H28F8N2O10S/c1-46-24(44)23-21(42)20(41)22(43)25(50-23)49-19-7-2-12(10-39-19)8-15(13-3-6-16(48-27(31)32)17(9-13)47-14-4-5-14)18-11-40-26(51-18)28(45,29(33,34)35)30(36,37)38/h2-3,6-7,9-11,14-15,20-23,25,27,41-43,45H,4-5,8H2,1H3/t15-,20-,21-,22+,23-,25+/m0/s1. The van der Waals surface area contributed by atoms with Crippen molar-refractivity contribution in [2.75, 3.05) is 7.11 Å². The third-order valence-electron chi connectivity index (χ3n) is 7.88. The molecule has 3 aromatic rings. The number of alkyl halides is 8. The number of halogens is 8. The molecule has 1 saturated carbocycles. The molecule has 21 heteroatoms. The van der Waals surface area contributed by atoms with Gasteiger partial charge in [0.1, 0.15) is 23.3 Å². The van der Waals surface area contributed by atoms with Crippen LogP contribution >= 0.6 is 11.3 Å². The number of methoxy groups -OCH3 is 1. The highest BCUT2D eigenvalue weighted by Gasteiger charge is 2.73. The Labute approximate surface area is 286 Å². The van der Waals surface area contributed by atoms with E-state index in [1.54, 1.807) is 0 Å². The number of hydrogen-bond donors (Lipinski definition) is 4. The topological polar surface area (TPSA) is 170 Å². The van der Waals surface area contributed by atoms with Gasteiger partial charge in [0.2, 0.25) is 12.2 Å². The average Bonchev–Trinajstić information content (AvgIpc) is 3.75. The quantitative estimate of drug-likeness (QED) is 0.156. The maximum atomic E-state index is 13.7. The molecule has 2 fully saturated rings. The summed E-state index contributed by atoms with van der Waals surface area (Å²) in [6.45, 7) is -3.24. The molecule has 3 heterocycles. The molecule has 4 N–H and O–H groups in total. The first-order valence-electron chi connectivity index (χ1n) is 14.8. The second kappa shape index (κ2) is 14.6.